The summed E-state index contributed by atoms with van der Waals surface area (Å²) in [6.07, 6.45) is 4.90. The average molecular weight is 814 g/mol. The minimum atomic E-state index is -1.87. The van der Waals surface area contributed by atoms with Gasteiger partial charge in [0.1, 0.15) is 23.3 Å². The van der Waals surface area contributed by atoms with Crippen LogP contribution in [-0.2, 0) is 38.1 Å². The molecule has 5 rings (SSSR count). The molecule has 1 aromatic carbocycles. The number of aromatic hydroxyl groups is 1. The molecule has 9 atom stereocenters. The predicted octanol–water partition coefficient (Wildman–Crippen LogP) is 3.78. The van der Waals surface area contributed by atoms with Crippen LogP contribution in [0.4, 0.5) is 0 Å². The summed E-state index contributed by atoms with van der Waals surface area (Å²) in [5.41, 5.74) is -0.516. The first kappa shape index (κ1) is 45.6. The molecule has 0 saturated carbocycles. The van der Waals surface area contributed by atoms with Crippen LogP contribution in [0.5, 0.6) is 11.5 Å². The highest BCUT2D eigenvalue weighted by Gasteiger charge is 2.50. The Labute approximate surface area is 337 Å². The van der Waals surface area contributed by atoms with E-state index in [1.165, 1.54) is 66.4 Å². The number of ketones is 1. The van der Waals surface area contributed by atoms with E-state index < -0.39 is 77.3 Å². The molecule has 1 aromatic rings. The number of methoxy groups -OCH3 is 2. The Kier molecular flexibility index (Phi) is 15.4. The van der Waals surface area contributed by atoms with Gasteiger partial charge in [-0.3, -0.25) is 14.4 Å². The first-order valence-electron chi connectivity index (χ1n) is 18.9. The smallest absolute Gasteiger partial charge is 0.302 e. The summed E-state index contributed by atoms with van der Waals surface area (Å²) in [7, 11) is 2.95. The molecule has 0 radical (unpaired) electrons. The zero-order chi connectivity index (χ0) is 43.1. The summed E-state index contributed by atoms with van der Waals surface area (Å²) in [6.45, 7) is 12.8. The van der Waals surface area contributed by atoms with Crippen molar-refractivity contribution in [1.82, 2.24) is 5.32 Å². The zero-order valence-electron chi connectivity index (χ0n) is 34.5. The fourth-order valence-corrected chi connectivity index (χ4v) is 7.20. The fourth-order valence-electron chi connectivity index (χ4n) is 7.20. The van der Waals surface area contributed by atoms with Gasteiger partial charge in [0.05, 0.1) is 54.6 Å². The van der Waals surface area contributed by atoms with Crippen molar-refractivity contribution < 1.29 is 68.2 Å². The Hall–Kier alpha value is -5.07. The van der Waals surface area contributed by atoms with Crippen molar-refractivity contribution >= 4 is 29.1 Å². The van der Waals surface area contributed by atoms with Gasteiger partial charge < -0.3 is 59.1 Å². The molecule has 5 bridgehead atoms. The van der Waals surface area contributed by atoms with Crippen LogP contribution >= 0.6 is 0 Å². The number of fused-ring (bicyclic) bond motifs is 14. The second kappa shape index (κ2) is 19.6. The van der Waals surface area contributed by atoms with Gasteiger partial charge in [-0.2, -0.15) is 0 Å². The molecule has 17 nitrogen and oxygen atoms in total. The normalized spacial score (nSPS) is 32.7. The molecule has 0 saturated heterocycles. The number of hydrogen-bond donors (Lipinski definition) is 5. The summed E-state index contributed by atoms with van der Waals surface area (Å²) in [5.74, 6) is -6.85. The van der Waals surface area contributed by atoms with E-state index in [0.29, 0.717) is 0 Å². The van der Waals surface area contributed by atoms with E-state index in [1.54, 1.807) is 39.8 Å². The maximum absolute atomic E-state index is 14.2. The number of carbonyl (C=O) groups excluding carboxylic acids is 3. The van der Waals surface area contributed by atoms with Crippen LogP contribution in [0.15, 0.2) is 58.2 Å². The number of hydrogen-bond acceptors (Lipinski definition) is 16. The van der Waals surface area contributed by atoms with Gasteiger partial charge in [0, 0.05) is 68.4 Å². The van der Waals surface area contributed by atoms with Crippen LogP contribution in [0.25, 0.3) is 0 Å². The zero-order valence-corrected chi connectivity index (χ0v) is 34.5. The second-order valence-corrected chi connectivity index (χ2v) is 14.8. The Bertz CT molecular complexity index is 1900. The number of amides is 1. The Morgan fingerprint density at radius 2 is 1.69 bits per heavy atom. The number of nitrogens with one attached hydrogen (secondary N) is 1. The van der Waals surface area contributed by atoms with E-state index in [-0.39, 0.29) is 70.7 Å². The van der Waals surface area contributed by atoms with Crippen molar-refractivity contribution in [3.63, 3.8) is 0 Å². The number of oxime groups is 2. The molecular formula is C41H55N3O14. The van der Waals surface area contributed by atoms with Gasteiger partial charge in [-0.25, -0.2) is 0 Å². The number of phenolic OH excluding ortho intramolecular Hbond substituents is 1. The number of phenols is 1. The van der Waals surface area contributed by atoms with Gasteiger partial charge in [-0.15, -0.1) is 0 Å². The number of Topliss-reactive ketones (excluding diaryl/α,β-unsaturated/α-hetero) is 1. The molecule has 1 aliphatic carbocycles. The average Bonchev–Trinajstić information content (AvgIpc) is 3.49. The Morgan fingerprint density at radius 1 is 0.983 bits per heavy atom. The maximum atomic E-state index is 14.2. The van der Waals surface area contributed by atoms with Crippen molar-refractivity contribution in [2.24, 2.45) is 34.0 Å². The lowest BCUT2D eigenvalue weighted by Gasteiger charge is -2.38. The number of aliphatic hydroxyl groups is 2. The van der Waals surface area contributed by atoms with Gasteiger partial charge in [0.25, 0.3) is 11.7 Å². The second-order valence-electron chi connectivity index (χ2n) is 14.8. The lowest BCUT2D eigenvalue weighted by molar-refractivity contribution is -0.160. The van der Waals surface area contributed by atoms with Gasteiger partial charge in [0.2, 0.25) is 12.6 Å². The fraction of sp³-hybridized carbons (Fsp3) is 0.537. The highest BCUT2D eigenvalue weighted by atomic mass is 16.7. The molecule has 0 spiro atoms. The first-order valence-corrected chi connectivity index (χ1v) is 18.9. The van der Waals surface area contributed by atoms with E-state index in [0.717, 1.165) is 0 Å². The van der Waals surface area contributed by atoms with Crippen molar-refractivity contribution in [3.05, 3.63) is 70.2 Å². The lowest BCUT2D eigenvalue weighted by atomic mass is 9.78. The molecule has 17 heteroatoms. The molecule has 0 unspecified atom stereocenters. The van der Waals surface area contributed by atoms with Crippen LogP contribution in [0.1, 0.15) is 75.5 Å². The summed E-state index contributed by atoms with van der Waals surface area (Å²) in [5, 5.41) is 55.2. The van der Waals surface area contributed by atoms with Gasteiger partial charge in [-0.05, 0) is 26.0 Å². The topological polar surface area (TPSA) is 233 Å². The molecule has 318 valence electrons. The molecule has 3 heterocycles. The number of rotatable bonds is 8. The summed E-state index contributed by atoms with van der Waals surface area (Å²) < 4.78 is 34.2. The van der Waals surface area contributed by atoms with Crippen molar-refractivity contribution in [3.8, 4) is 11.5 Å². The van der Waals surface area contributed by atoms with Crippen molar-refractivity contribution in [2.75, 3.05) is 34.2 Å². The summed E-state index contributed by atoms with van der Waals surface area (Å²) in [4.78, 5) is 45.4. The van der Waals surface area contributed by atoms with Crippen LogP contribution in [0, 0.1) is 30.6 Å². The highest BCUT2D eigenvalue weighted by Crippen LogP contribution is 2.48. The molecule has 1 amide bonds. The lowest BCUT2D eigenvalue weighted by Crippen LogP contribution is -2.46. The quantitative estimate of drug-likeness (QED) is 0.0827. The molecule has 5 N–H and O–H groups in total. The van der Waals surface area contributed by atoms with Crippen LogP contribution in [-0.4, -0.2) is 114 Å². The van der Waals surface area contributed by atoms with Crippen molar-refractivity contribution in [2.45, 2.75) is 85.6 Å². The number of ether oxygens (including phenoxy) is 6. The number of carbonyl (C=O) groups is 3. The SMILES string of the molecule is COCCOCO/N=C1\C=C2NC(=O)/C(C)=C\C=C\[C@H](C)[C@H](O)[C@@H](C)[C@@H](O)[C@@H](C)[C@H](OC(C)=O)[C@H](C)[C@@H](OC)/C=C/O[C@@]3(C)Oc4c(C)c(O)c(c1c4/C3=N/O)C2=O. The highest BCUT2D eigenvalue weighted by molar-refractivity contribution is 6.32. The first-order chi connectivity index (χ1) is 27.4. The van der Waals surface area contributed by atoms with E-state index in [9.17, 15) is 34.9 Å². The number of allylic oxidation sites excluding steroid dienone is 4. The van der Waals surface area contributed by atoms with Crippen LogP contribution in [0.2, 0.25) is 0 Å². The molecular weight excluding hydrogens is 758 g/mol. The standard InChI is InChI=1S/C41H55N3O14/c1-20-12-11-13-21(2)40(50)42-28-18-27(44-56-19-54-17-16-52-9)30-31(36(28)49)35(48)25(6)38-32(30)39(43-51)41(8,58-38)55-15-14-29(53-10)22(3)37(57-26(7)45)24(5)34(47)23(4)33(20)46/h11-15,18,20,22-24,29,33-34,37,46-48,51H,16-17,19H2,1-10H3,(H,42,50)/b12-11+,15-14+,21-13-,43-39-,44-27+/t20-,22+,23+,24+,29-,33-,34+,37+,41-/m0/s1. The van der Waals surface area contributed by atoms with Gasteiger partial charge in [-0.1, -0.05) is 56.2 Å². The number of aliphatic hydroxyl groups excluding tert-OH is 2. The van der Waals surface area contributed by atoms with Gasteiger partial charge in [0.15, 0.2) is 5.71 Å². The van der Waals surface area contributed by atoms with E-state index >= 15 is 0 Å². The molecule has 3 aliphatic heterocycles. The molecule has 0 fully saturated rings. The van der Waals surface area contributed by atoms with Crippen LogP contribution < -0.4 is 10.1 Å². The largest absolute Gasteiger partial charge is 0.507 e. The van der Waals surface area contributed by atoms with Crippen LogP contribution in [0.3, 0.4) is 0 Å². The third kappa shape index (κ3) is 9.61. The number of benzene rings is 1. The summed E-state index contributed by atoms with van der Waals surface area (Å²) >= 11 is 0. The number of esters is 1. The van der Waals surface area contributed by atoms with Gasteiger partial charge >= 0.3 is 5.97 Å². The molecule has 58 heavy (non-hydrogen) atoms. The van der Waals surface area contributed by atoms with E-state index in [4.69, 9.17) is 33.3 Å². The minimum absolute atomic E-state index is 0.00805. The Morgan fingerprint density at radius 3 is 2.33 bits per heavy atom. The summed E-state index contributed by atoms with van der Waals surface area (Å²) in [6, 6.07) is 0. The van der Waals surface area contributed by atoms with E-state index in [2.05, 4.69) is 15.6 Å². The monoisotopic (exact) mass is 813 g/mol. The van der Waals surface area contributed by atoms with E-state index in [1.807, 2.05) is 0 Å². The predicted molar refractivity (Wildman–Crippen MR) is 209 cm³/mol. The maximum Gasteiger partial charge on any atom is 0.302 e. The number of nitrogens with zero attached hydrogens (tertiary/aromatic N) is 2. The Balaban J connectivity index is 1.91. The molecule has 0 aromatic heterocycles. The van der Waals surface area contributed by atoms with Crippen molar-refractivity contribution in [1.29, 1.82) is 0 Å². The third-order valence-corrected chi connectivity index (χ3v) is 10.7. The minimum Gasteiger partial charge on any atom is -0.507 e. The molecule has 4 aliphatic rings. The third-order valence-electron chi connectivity index (χ3n) is 10.7.